The van der Waals surface area contributed by atoms with Crippen molar-refractivity contribution in [3.63, 3.8) is 0 Å². The molecule has 0 saturated heterocycles. The fourth-order valence-electron chi connectivity index (χ4n) is 3.51. The van der Waals surface area contributed by atoms with Gasteiger partial charge in [-0.2, -0.15) is 0 Å². The Morgan fingerprint density at radius 1 is 1.27 bits per heavy atom. The topological polar surface area (TPSA) is 112 Å². The number of fused-ring (bicyclic) bond motifs is 1. The summed E-state index contributed by atoms with van der Waals surface area (Å²) in [5.41, 5.74) is -0.736. The summed E-state index contributed by atoms with van der Waals surface area (Å²) in [5, 5.41) is 2.17. The number of halogens is 2. The SMILES string of the molecule is CCOC(=O)c1cc(C2CC2)nc2c1c(=O)n(CC(=O)Nc1ccc(F)c(Cl)c1)c(=O)n2C. The van der Waals surface area contributed by atoms with Gasteiger partial charge in [-0.1, -0.05) is 11.6 Å². The van der Waals surface area contributed by atoms with E-state index in [1.54, 1.807) is 6.92 Å². The molecule has 0 radical (unpaired) electrons. The second kappa shape index (κ2) is 8.78. The second-order valence-corrected chi connectivity index (χ2v) is 8.11. The zero-order valence-corrected chi connectivity index (χ0v) is 18.6. The number of anilines is 1. The summed E-state index contributed by atoms with van der Waals surface area (Å²) in [5.74, 6) is -1.91. The Morgan fingerprint density at radius 2 is 2.00 bits per heavy atom. The van der Waals surface area contributed by atoms with E-state index in [9.17, 15) is 23.6 Å². The van der Waals surface area contributed by atoms with Crippen LogP contribution in [0.3, 0.4) is 0 Å². The minimum atomic E-state index is -0.835. The molecule has 33 heavy (non-hydrogen) atoms. The summed E-state index contributed by atoms with van der Waals surface area (Å²) in [6, 6.07) is 5.10. The molecule has 1 aliphatic carbocycles. The van der Waals surface area contributed by atoms with Gasteiger partial charge in [0.25, 0.3) is 5.56 Å². The molecule has 2 aromatic heterocycles. The van der Waals surface area contributed by atoms with E-state index < -0.39 is 35.5 Å². The number of hydrogen-bond donors (Lipinski definition) is 1. The molecule has 0 spiro atoms. The maximum Gasteiger partial charge on any atom is 0.339 e. The number of hydrogen-bond acceptors (Lipinski definition) is 6. The smallest absolute Gasteiger partial charge is 0.339 e. The molecule has 9 nitrogen and oxygen atoms in total. The molecule has 0 unspecified atom stereocenters. The molecule has 4 rings (SSSR count). The number of pyridine rings is 1. The van der Waals surface area contributed by atoms with Crippen LogP contribution in [0.25, 0.3) is 11.0 Å². The lowest BCUT2D eigenvalue weighted by Crippen LogP contribution is -2.42. The Morgan fingerprint density at radius 3 is 2.64 bits per heavy atom. The first-order chi connectivity index (χ1) is 15.7. The molecule has 3 aromatic rings. The van der Waals surface area contributed by atoms with Crippen molar-refractivity contribution in [3.05, 3.63) is 67.2 Å². The number of nitrogens with one attached hydrogen (secondary N) is 1. The lowest BCUT2D eigenvalue weighted by molar-refractivity contribution is -0.116. The Bertz CT molecular complexity index is 1410. The largest absolute Gasteiger partial charge is 0.462 e. The van der Waals surface area contributed by atoms with Crippen LogP contribution >= 0.6 is 11.6 Å². The van der Waals surface area contributed by atoms with Crippen LogP contribution in [0.4, 0.5) is 10.1 Å². The number of nitrogens with zero attached hydrogens (tertiary/aromatic N) is 3. The Balaban J connectivity index is 1.79. The summed E-state index contributed by atoms with van der Waals surface area (Å²) >= 11 is 5.72. The van der Waals surface area contributed by atoms with Gasteiger partial charge in [0, 0.05) is 24.3 Å². The molecule has 1 saturated carbocycles. The monoisotopic (exact) mass is 474 g/mol. The zero-order valence-electron chi connectivity index (χ0n) is 17.9. The summed E-state index contributed by atoms with van der Waals surface area (Å²) in [7, 11) is 1.41. The van der Waals surface area contributed by atoms with E-state index in [1.165, 1.54) is 25.2 Å². The van der Waals surface area contributed by atoms with Gasteiger partial charge < -0.3 is 10.1 Å². The molecule has 1 aliphatic rings. The molecule has 1 N–H and O–H groups in total. The van der Waals surface area contributed by atoms with Crippen molar-refractivity contribution in [2.24, 2.45) is 7.05 Å². The molecule has 1 aromatic carbocycles. The molecule has 0 bridgehead atoms. The van der Waals surface area contributed by atoms with Crippen molar-refractivity contribution in [2.45, 2.75) is 32.2 Å². The first kappa shape index (κ1) is 22.7. The molecular formula is C22H20ClFN4O5. The quantitative estimate of drug-likeness (QED) is 0.549. The predicted molar refractivity (Wildman–Crippen MR) is 119 cm³/mol. The fraction of sp³-hybridized carbons (Fsp3) is 0.318. The van der Waals surface area contributed by atoms with Gasteiger partial charge in [-0.15, -0.1) is 0 Å². The molecule has 11 heteroatoms. The summed E-state index contributed by atoms with van der Waals surface area (Å²) < 4.78 is 20.3. The third kappa shape index (κ3) is 4.38. The van der Waals surface area contributed by atoms with Gasteiger partial charge in [0.2, 0.25) is 5.91 Å². The van der Waals surface area contributed by atoms with Crippen molar-refractivity contribution < 1.29 is 18.7 Å². The van der Waals surface area contributed by atoms with E-state index in [0.29, 0.717) is 10.3 Å². The highest BCUT2D eigenvalue weighted by molar-refractivity contribution is 6.31. The third-order valence-electron chi connectivity index (χ3n) is 5.31. The van der Waals surface area contributed by atoms with Crippen molar-refractivity contribution in [1.82, 2.24) is 14.1 Å². The molecule has 0 atom stereocenters. The number of rotatable bonds is 6. The number of amides is 1. The number of carbonyl (C=O) groups excluding carboxylic acids is 2. The van der Waals surface area contributed by atoms with Crippen LogP contribution in [0, 0.1) is 5.82 Å². The van der Waals surface area contributed by atoms with Gasteiger partial charge >= 0.3 is 11.7 Å². The third-order valence-corrected chi connectivity index (χ3v) is 5.60. The van der Waals surface area contributed by atoms with Crippen LogP contribution in [-0.4, -0.2) is 32.6 Å². The van der Waals surface area contributed by atoms with E-state index in [1.807, 2.05) is 0 Å². The van der Waals surface area contributed by atoms with E-state index in [-0.39, 0.29) is 39.8 Å². The molecule has 2 heterocycles. The first-order valence-electron chi connectivity index (χ1n) is 10.3. The fourth-order valence-corrected chi connectivity index (χ4v) is 3.69. The van der Waals surface area contributed by atoms with E-state index in [2.05, 4.69) is 10.3 Å². The number of ether oxygens (including phenoxy) is 1. The van der Waals surface area contributed by atoms with Crippen LogP contribution in [-0.2, 0) is 23.1 Å². The summed E-state index contributed by atoms with van der Waals surface area (Å²) in [6.07, 6.45) is 1.80. The average molecular weight is 475 g/mol. The summed E-state index contributed by atoms with van der Waals surface area (Å²) in [6.45, 7) is 1.11. The normalized spacial score (nSPS) is 13.2. The highest BCUT2D eigenvalue weighted by atomic mass is 35.5. The van der Waals surface area contributed by atoms with Gasteiger partial charge in [-0.25, -0.2) is 19.0 Å². The van der Waals surface area contributed by atoms with Crippen molar-refractivity contribution >= 4 is 40.2 Å². The zero-order chi connectivity index (χ0) is 23.9. The van der Waals surface area contributed by atoms with Crippen LogP contribution in [0.1, 0.15) is 41.7 Å². The number of benzene rings is 1. The number of esters is 1. The summed E-state index contributed by atoms with van der Waals surface area (Å²) in [4.78, 5) is 55.8. The molecule has 0 aliphatic heterocycles. The lowest BCUT2D eigenvalue weighted by Gasteiger charge is -2.14. The van der Waals surface area contributed by atoms with Gasteiger partial charge in [-0.05, 0) is 44.0 Å². The van der Waals surface area contributed by atoms with E-state index >= 15 is 0 Å². The van der Waals surface area contributed by atoms with Crippen LogP contribution in [0.2, 0.25) is 5.02 Å². The van der Waals surface area contributed by atoms with Crippen LogP contribution in [0.5, 0.6) is 0 Å². The van der Waals surface area contributed by atoms with E-state index in [0.717, 1.165) is 23.5 Å². The average Bonchev–Trinajstić information content (AvgIpc) is 3.62. The number of aromatic nitrogens is 3. The number of carbonyl (C=O) groups is 2. The minimum absolute atomic E-state index is 0.00354. The predicted octanol–water partition coefficient (Wildman–Crippen LogP) is 2.58. The van der Waals surface area contributed by atoms with Crippen molar-refractivity contribution in [1.29, 1.82) is 0 Å². The molecule has 172 valence electrons. The molecule has 1 amide bonds. The number of aryl methyl sites for hydroxylation is 1. The first-order valence-corrected chi connectivity index (χ1v) is 10.7. The second-order valence-electron chi connectivity index (χ2n) is 7.70. The van der Waals surface area contributed by atoms with Crippen molar-refractivity contribution in [3.8, 4) is 0 Å². The highest BCUT2D eigenvalue weighted by Crippen LogP contribution is 2.40. The van der Waals surface area contributed by atoms with Gasteiger partial charge in [-0.3, -0.25) is 18.7 Å². The van der Waals surface area contributed by atoms with E-state index in [4.69, 9.17) is 16.3 Å². The van der Waals surface area contributed by atoms with Gasteiger partial charge in [0.1, 0.15) is 18.0 Å². The maximum atomic E-state index is 13.3. The van der Waals surface area contributed by atoms with Crippen molar-refractivity contribution in [2.75, 3.05) is 11.9 Å². The van der Waals surface area contributed by atoms with Gasteiger partial charge in [0.05, 0.1) is 22.6 Å². The standard InChI is InChI=1S/C22H20ClFN4O5/c1-3-33-21(31)13-9-16(11-4-5-11)26-19-18(13)20(30)28(22(32)27(19)2)10-17(29)25-12-6-7-15(24)14(23)8-12/h6-9,11H,3-5,10H2,1-2H3,(H,25,29). The Labute approximate surface area is 191 Å². The van der Waals surface area contributed by atoms with Crippen LogP contribution < -0.4 is 16.6 Å². The van der Waals surface area contributed by atoms with Gasteiger partial charge in [0.15, 0.2) is 0 Å². The molecule has 1 fully saturated rings. The van der Waals surface area contributed by atoms with Crippen LogP contribution in [0.15, 0.2) is 33.9 Å². The maximum absolute atomic E-state index is 13.3. The highest BCUT2D eigenvalue weighted by Gasteiger charge is 2.29. The lowest BCUT2D eigenvalue weighted by atomic mass is 10.1. The Kier molecular flexibility index (Phi) is 6.03. The minimum Gasteiger partial charge on any atom is -0.462 e. The Hall–Kier alpha value is -3.53. The molecular weight excluding hydrogens is 455 g/mol.